The highest BCUT2D eigenvalue weighted by Gasteiger charge is 2.59. The Bertz CT molecular complexity index is 2120. The van der Waals surface area contributed by atoms with E-state index in [2.05, 4.69) is 9.98 Å². The maximum atomic E-state index is 17.1. The predicted octanol–water partition coefficient (Wildman–Crippen LogP) is 7.19. The first-order valence-corrected chi connectivity index (χ1v) is 18.0. The number of halogens is 2. The van der Waals surface area contributed by atoms with Gasteiger partial charge in [-0.25, -0.2) is 4.79 Å². The zero-order chi connectivity index (χ0) is 39.1. The number of carbonyl (C=O) groups excluding carboxylic acids is 2. The molecule has 0 radical (unpaired) electrons. The molecule has 0 atom stereocenters. The second-order valence-corrected chi connectivity index (χ2v) is 13.0. The van der Waals surface area contributed by atoms with E-state index in [1.54, 1.807) is 39.0 Å². The minimum absolute atomic E-state index is 0.00987. The third-order valence-corrected chi connectivity index (χ3v) is 9.42. The molecule has 1 fully saturated rings. The van der Waals surface area contributed by atoms with Crippen molar-refractivity contribution in [2.75, 3.05) is 44.8 Å². The van der Waals surface area contributed by atoms with Gasteiger partial charge in [0.25, 0.3) is 11.8 Å². The third kappa shape index (κ3) is 8.01. The molecule has 3 aromatic carbocycles. The summed E-state index contributed by atoms with van der Waals surface area (Å²) in [5.41, 5.74) is -0.606. The van der Waals surface area contributed by atoms with E-state index < -0.39 is 52.5 Å². The molecule has 0 N–H and O–H groups in total. The molecule has 0 unspecified atom stereocenters. The Hall–Kier alpha value is -6.23. The molecule has 1 saturated carbocycles. The molecule has 1 aliphatic carbocycles. The lowest BCUT2D eigenvalue weighted by Crippen LogP contribution is -2.65. The number of esters is 2. The van der Waals surface area contributed by atoms with Crippen LogP contribution in [0.3, 0.4) is 0 Å². The van der Waals surface area contributed by atoms with Crippen LogP contribution in [0.1, 0.15) is 50.3 Å². The summed E-state index contributed by atoms with van der Waals surface area (Å²) in [7, 11) is 1.90. The average Bonchev–Trinajstić information content (AvgIpc) is 3.61. The van der Waals surface area contributed by atoms with Gasteiger partial charge in [-0.05, 0) is 63.4 Å². The minimum atomic E-state index is -1.64. The minimum Gasteiger partial charge on any atom is -0.485 e. The molecule has 2 heterocycles. The second kappa shape index (κ2) is 16.8. The molecule has 1 aliphatic heterocycles. The summed E-state index contributed by atoms with van der Waals surface area (Å²) in [6.07, 6.45) is -0.239. The zero-order valence-electron chi connectivity index (χ0n) is 31.0. The van der Waals surface area contributed by atoms with Crippen molar-refractivity contribution >= 4 is 23.5 Å². The molecule has 55 heavy (non-hydrogen) atoms. The summed E-state index contributed by atoms with van der Waals surface area (Å²) in [4.78, 5) is 38.4. The predicted molar refractivity (Wildman–Crippen MR) is 198 cm³/mol. The fourth-order valence-electron chi connectivity index (χ4n) is 6.75. The number of hydrogen-bond acceptors (Lipinski definition) is 12. The number of likely N-dealkylation sites (N-methyl/N-ethyl adjacent to an activating group) is 2. The van der Waals surface area contributed by atoms with Crippen molar-refractivity contribution in [2.24, 2.45) is 10.9 Å². The van der Waals surface area contributed by atoms with Crippen molar-refractivity contribution in [3.63, 3.8) is 0 Å². The molecule has 286 valence electrons. The molecule has 14 heteroatoms. The molecule has 4 aromatic rings. The van der Waals surface area contributed by atoms with E-state index >= 15 is 8.78 Å². The molecule has 0 saturated heterocycles. The van der Waals surface area contributed by atoms with Crippen molar-refractivity contribution in [1.29, 1.82) is 5.26 Å². The Balaban J connectivity index is 1.46. The maximum absolute atomic E-state index is 17.1. The number of ether oxygens (including phenoxy) is 5. The van der Waals surface area contributed by atoms with Gasteiger partial charge in [0.2, 0.25) is 11.6 Å². The monoisotopic (exact) mass is 753 g/mol. The Kier molecular flexibility index (Phi) is 11.8. The van der Waals surface area contributed by atoms with Gasteiger partial charge in [-0.3, -0.25) is 9.79 Å². The number of rotatable bonds is 15. The van der Waals surface area contributed by atoms with Gasteiger partial charge < -0.3 is 33.5 Å². The van der Waals surface area contributed by atoms with Gasteiger partial charge >= 0.3 is 11.9 Å². The van der Waals surface area contributed by atoms with Crippen molar-refractivity contribution in [2.45, 2.75) is 45.8 Å². The fourth-order valence-corrected chi connectivity index (χ4v) is 6.75. The fraction of sp³-hybridized carbons (Fsp3) is 0.341. The Morgan fingerprint density at radius 3 is 2.31 bits per heavy atom. The van der Waals surface area contributed by atoms with Gasteiger partial charge in [0.1, 0.15) is 29.4 Å². The van der Waals surface area contributed by atoms with Crippen molar-refractivity contribution in [3.8, 4) is 35.1 Å². The number of aromatic nitrogens is 1. The van der Waals surface area contributed by atoms with Crippen LogP contribution < -0.4 is 19.1 Å². The standard InChI is InChI=1S/C41H41F2N5O7/c1-5-48(41(40(50)52-7-3)22-29(23-41)39(49)51-6-2)35-33(42)37(54-30-15-11-14-28(21-30)36-45-18-19-47(36)4)46-38(34(35)43)55-32-20-27(24-44)16-17-31(32)53-25-26-12-9-8-10-13-26/h8-17,20-21,29H,5-7,18-19,22-23,25H2,1-4H3. The number of amidine groups is 1. The van der Waals surface area contributed by atoms with E-state index in [1.807, 2.05) is 54.4 Å². The molecule has 12 nitrogen and oxygen atoms in total. The number of pyridine rings is 1. The largest absolute Gasteiger partial charge is 0.485 e. The van der Waals surface area contributed by atoms with Crippen molar-refractivity contribution < 1.29 is 42.1 Å². The van der Waals surface area contributed by atoms with E-state index in [9.17, 15) is 14.9 Å². The van der Waals surface area contributed by atoms with E-state index in [0.717, 1.165) is 17.9 Å². The van der Waals surface area contributed by atoms with Gasteiger partial charge in [0.05, 0.1) is 37.3 Å². The molecule has 0 amide bonds. The van der Waals surface area contributed by atoms with E-state index in [-0.39, 0.29) is 62.0 Å². The number of anilines is 1. The van der Waals surface area contributed by atoms with Gasteiger partial charge in [-0.2, -0.15) is 19.0 Å². The van der Waals surface area contributed by atoms with Crippen LogP contribution in [0.5, 0.6) is 29.0 Å². The Labute approximate surface area is 317 Å². The van der Waals surface area contributed by atoms with Crippen molar-refractivity contribution in [1.82, 2.24) is 9.88 Å². The SMILES string of the molecule is CCOC(=O)C1CC(C(=O)OCC)(N(CC)c2c(F)c(Oc3cccc(C4=NCCN4C)c3)nc(Oc3cc(C#N)ccc3OCc3ccccc3)c2F)C1. The number of nitriles is 1. The first-order valence-electron chi connectivity index (χ1n) is 18.0. The maximum Gasteiger partial charge on any atom is 0.332 e. The summed E-state index contributed by atoms with van der Waals surface area (Å²) in [5.74, 6) is -4.90. The topological polar surface area (TPSA) is 136 Å². The molecule has 6 rings (SSSR count). The van der Waals surface area contributed by atoms with Gasteiger partial charge in [0, 0.05) is 31.8 Å². The second-order valence-electron chi connectivity index (χ2n) is 13.0. The van der Waals surface area contributed by atoms with Gasteiger partial charge in [-0.1, -0.05) is 42.5 Å². The zero-order valence-corrected chi connectivity index (χ0v) is 31.0. The van der Waals surface area contributed by atoms with Crippen LogP contribution in [-0.2, 0) is 25.7 Å². The number of benzene rings is 3. The van der Waals surface area contributed by atoms with E-state index in [4.69, 9.17) is 23.7 Å². The highest BCUT2D eigenvalue weighted by atomic mass is 19.1. The Morgan fingerprint density at radius 2 is 1.65 bits per heavy atom. The Morgan fingerprint density at radius 1 is 0.927 bits per heavy atom. The normalized spacial score (nSPS) is 17.4. The number of hydrogen-bond donors (Lipinski definition) is 0. The lowest BCUT2D eigenvalue weighted by atomic mass is 9.66. The van der Waals surface area contributed by atoms with Crippen LogP contribution in [0.25, 0.3) is 0 Å². The van der Waals surface area contributed by atoms with Crippen molar-refractivity contribution in [3.05, 3.63) is 101 Å². The van der Waals surface area contributed by atoms with Crippen LogP contribution >= 0.6 is 0 Å². The summed E-state index contributed by atoms with van der Waals surface area (Å²) < 4.78 is 62.8. The number of carbonyl (C=O) groups is 2. The third-order valence-electron chi connectivity index (χ3n) is 9.42. The van der Waals surface area contributed by atoms with E-state index in [0.29, 0.717) is 12.1 Å². The van der Waals surface area contributed by atoms with Crippen LogP contribution in [0.2, 0.25) is 0 Å². The number of aliphatic imine (C=N–C) groups is 1. The number of nitrogens with zero attached hydrogens (tertiary/aromatic N) is 5. The molecule has 2 aliphatic rings. The summed E-state index contributed by atoms with van der Waals surface area (Å²) in [6.45, 7) is 6.39. The first-order chi connectivity index (χ1) is 26.6. The quantitative estimate of drug-likeness (QED) is 0.114. The average molecular weight is 754 g/mol. The lowest BCUT2D eigenvalue weighted by molar-refractivity contribution is -0.163. The molecular weight excluding hydrogens is 712 g/mol. The van der Waals surface area contributed by atoms with Crippen LogP contribution in [0.15, 0.2) is 77.8 Å². The molecule has 1 aromatic heterocycles. The summed E-state index contributed by atoms with van der Waals surface area (Å²) in [6, 6.07) is 22.5. The highest BCUT2D eigenvalue weighted by Crippen LogP contribution is 2.49. The molecular formula is C41H41F2N5O7. The summed E-state index contributed by atoms with van der Waals surface area (Å²) >= 11 is 0. The van der Waals surface area contributed by atoms with Gasteiger partial charge in [-0.15, -0.1) is 0 Å². The van der Waals surface area contributed by atoms with Crippen LogP contribution in [0, 0.1) is 28.9 Å². The first kappa shape index (κ1) is 38.5. The highest BCUT2D eigenvalue weighted by molar-refractivity contribution is 6.00. The smallest absolute Gasteiger partial charge is 0.332 e. The van der Waals surface area contributed by atoms with E-state index in [1.165, 1.54) is 23.1 Å². The van der Waals surface area contributed by atoms with Gasteiger partial charge in [0.15, 0.2) is 11.5 Å². The van der Waals surface area contributed by atoms with Crippen LogP contribution in [-0.4, -0.2) is 73.1 Å². The molecule has 0 spiro atoms. The molecule has 0 bridgehead atoms. The lowest BCUT2D eigenvalue weighted by Gasteiger charge is -2.51. The summed E-state index contributed by atoms with van der Waals surface area (Å²) in [5, 5.41) is 9.70. The van der Waals surface area contributed by atoms with Crippen LogP contribution in [0.4, 0.5) is 14.5 Å².